The van der Waals surface area contributed by atoms with Gasteiger partial charge in [0.05, 0.1) is 46.3 Å². The van der Waals surface area contributed by atoms with Crippen LogP contribution in [0.25, 0.3) is 0 Å². The van der Waals surface area contributed by atoms with Crippen LogP contribution in [0.15, 0.2) is 71.8 Å². The molecule has 0 bridgehead atoms. The number of morpholine rings is 1. The van der Waals surface area contributed by atoms with Gasteiger partial charge in [-0.1, -0.05) is 24.3 Å². The largest absolute Gasteiger partial charge is 0.497 e. The Morgan fingerprint density at radius 1 is 0.955 bits per heavy atom. The van der Waals surface area contributed by atoms with E-state index in [1.807, 2.05) is 6.07 Å². The Morgan fingerprint density at radius 2 is 1.68 bits per heavy atom. The van der Waals surface area contributed by atoms with Crippen molar-refractivity contribution in [1.29, 1.82) is 0 Å². The highest BCUT2D eigenvalue weighted by Crippen LogP contribution is 2.37. The van der Waals surface area contributed by atoms with Crippen LogP contribution in [0, 0.1) is 5.82 Å². The fourth-order valence-electron chi connectivity index (χ4n) is 5.41. The predicted molar refractivity (Wildman–Crippen MR) is 163 cm³/mol. The van der Waals surface area contributed by atoms with E-state index in [0.717, 1.165) is 18.7 Å². The molecule has 1 atom stereocenters. The molecule has 2 amide bonds. The first-order valence-corrected chi connectivity index (χ1v) is 14.5. The first-order valence-electron chi connectivity index (χ1n) is 14.5. The van der Waals surface area contributed by atoms with E-state index in [-0.39, 0.29) is 24.8 Å². The minimum Gasteiger partial charge on any atom is -0.497 e. The number of amides is 2. The van der Waals surface area contributed by atoms with Crippen LogP contribution in [0.4, 0.5) is 4.39 Å². The van der Waals surface area contributed by atoms with E-state index < -0.39 is 11.9 Å². The Bertz CT molecular complexity index is 1490. The highest BCUT2D eigenvalue weighted by atomic mass is 19.1. The predicted octanol–water partition coefficient (Wildman–Crippen LogP) is 4.00. The van der Waals surface area contributed by atoms with E-state index in [1.54, 1.807) is 73.7 Å². The molecule has 232 valence electrons. The molecule has 10 nitrogen and oxygen atoms in total. The topological polar surface area (TPSA) is 93.1 Å². The van der Waals surface area contributed by atoms with Crippen LogP contribution in [0.2, 0.25) is 0 Å². The molecule has 5 rings (SSSR count). The van der Waals surface area contributed by atoms with E-state index in [1.165, 1.54) is 18.2 Å². The van der Waals surface area contributed by atoms with Crippen LogP contribution in [-0.4, -0.2) is 99.6 Å². The maximum Gasteiger partial charge on any atom is 0.262 e. The lowest BCUT2D eigenvalue weighted by atomic mass is 9.97. The second-order valence-corrected chi connectivity index (χ2v) is 10.5. The smallest absolute Gasteiger partial charge is 0.262 e. The molecular formula is C33H37FN4O6. The van der Waals surface area contributed by atoms with Gasteiger partial charge in [-0.3, -0.25) is 14.5 Å². The van der Waals surface area contributed by atoms with Gasteiger partial charge in [-0.05, 0) is 48.0 Å². The third kappa shape index (κ3) is 7.00. The molecule has 3 aromatic carbocycles. The number of rotatable bonds is 11. The van der Waals surface area contributed by atoms with Crippen molar-refractivity contribution in [3.8, 4) is 17.2 Å². The monoisotopic (exact) mass is 604 g/mol. The second kappa shape index (κ2) is 14.3. The summed E-state index contributed by atoms with van der Waals surface area (Å²) in [6.07, 6.45) is 0.280. The summed E-state index contributed by atoms with van der Waals surface area (Å²) in [6.45, 7) is 3.45. The summed E-state index contributed by atoms with van der Waals surface area (Å²) >= 11 is 0. The molecule has 2 aliphatic heterocycles. The third-order valence-corrected chi connectivity index (χ3v) is 7.88. The van der Waals surface area contributed by atoms with Crippen molar-refractivity contribution in [3.05, 3.63) is 89.2 Å². The van der Waals surface area contributed by atoms with E-state index in [0.29, 0.717) is 60.4 Å². The molecule has 1 fully saturated rings. The van der Waals surface area contributed by atoms with Crippen LogP contribution in [0.1, 0.15) is 33.9 Å². The van der Waals surface area contributed by atoms with Gasteiger partial charge >= 0.3 is 0 Å². The minimum absolute atomic E-state index is 0.215. The molecule has 2 heterocycles. The van der Waals surface area contributed by atoms with Gasteiger partial charge < -0.3 is 23.8 Å². The Hall–Kier alpha value is -4.48. The van der Waals surface area contributed by atoms with E-state index in [4.69, 9.17) is 18.9 Å². The Labute approximate surface area is 256 Å². The molecular weight excluding hydrogens is 567 g/mol. The number of halogens is 1. The molecule has 0 aliphatic carbocycles. The van der Waals surface area contributed by atoms with Gasteiger partial charge in [-0.15, -0.1) is 0 Å². The van der Waals surface area contributed by atoms with Gasteiger partial charge in [0, 0.05) is 43.7 Å². The molecule has 0 aromatic heterocycles. The second-order valence-electron chi connectivity index (χ2n) is 10.5. The van der Waals surface area contributed by atoms with Gasteiger partial charge in [-0.25, -0.2) is 9.40 Å². The van der Waals surface area contributed by atoms with Crippen molar-refractivity contribution in [1.82, 2.24) is 14.8 Å². The van der Waals surface area contributed by atoms with Crippen LogP contribution in [0.3, 0.4) is 0 Å². The fraction of sp³-hybridized carbons (Fsp3) is 0.364. The summed E-state index contributed by atoms with van der Waals surface area (Å²) < 4.78 is 36.5. The van der Waals surface area contributed by atoms with Crippen LogP contribution < -0.4 is 14.2 Å². The number of hydrogen-bond donors (Lipinski definition) is 0. The Kier molecular flexibility index (Phi) is 10.1. The van der Waals surface area contributed by atoms with Crippen molar-refractivity contribution in [2.24, 2.45) is 5.10 Å². The van der Waals surface area contributed by atoms with Crippen LogP contribution >= 0.6 is 0 Å². The molecule has 1 saturated heterocycles. The Morgan fingerprint density at radius 3 is 2.36 bits per heavy atom. The van der Waals surface area contributed by atoms with Crippen molar-refractivity contribution in [3.63, 3.8) is 0 Å². The molecule has 0 spiro atoms. The lowest BCUT2D eigenvalue weighted by Gasteiger charge is -2.31. The van der Waals surface area contributed by atoms with Gasteiger partial charge in [0.25, 0.3) is 11.8 Å². The highest BCUT2D eigenvalue weighted by molar-refractivity contribution is 6.04. The molecule has 0 N–H and O–H groups in total. The molecule has 0 radical (unpaired) electrons. The number of carbonyl (C=O) groups is 2. The SMILES string of the molecule is COc1ccc(C(=O)N(CCN2CCOCC2)CC(=O)N2N=C(c3ccccc3F)C[C@H]2c2ccc(OC)c(OC)c2)cc1. The number of hydrazone groups is 1. The molecule has 0 saturated carbocycles. The van der Waals surface area contributed by atoms with E-state index in [9.17, 15) is 14.0 Å². The summed E-state index contributed by atoms with van der Waals surface area (Å²) in [5.41, 5.74) is 1.95. The van der Waals surface area contributed by atoms with Crippen LogP contribution in [-0.2, 0) is 9.53 Å². The summed E-state index contributed by atoms with van der Waals surface area (Å²) in [7, 11) is 4.65. The zero-order chi connectivity index (χ0) is 31.1. The van der Waals surface area contributed by atoms with Gasteiger partial charge in [0.15, 0.2) is 11.5 Å². The van der Waals surface area contributed by atoms with Crippen molar-refractivity contribution < 1.29 is 32.9 Å². The zero-order valence-corrected chi connectivity index (χ0v) is 25.2. The first kappa shape index (κ1) is 31.0. The maximum absolute atomic E-state index is 14.9. The molecule has 3 aromatic rings. The quantitative estimate of drug-likeness (QED) is 0.327. The van der Waals surface area contributed by atoms with Gasteiger partial charge in [-0.2, -0.15) is 5.10 Å². The lowest BCUT2D eigenvalue weighted by molar-refractivity contribution is -0.133. The summed E-state index contributed by atoms with van der Waals surface area (Å²) in [5, 5.41) is 6.01. The lowest BCUT2D eigenvalue weighted by Crippen LogP contribution is -2.46. The Balaban J connectivity index is 1.45. The summed E-state index contributed by atoms with van der Waals surface area (Å²) in [5.74, 6) is 0.575. The molecule has 44 heavy (non-hydrogen) atoms. The third-order valence-electron chi connectivity index (χ3n) is 7.88. The molecule has 2 aliphatic rings. The van der Waals surface area contributed by atoms with E-state index >= 15 is 0 Å². The molecule has 11 heteroatoms. The number of carbonyl (C=O) groups excluding carboxylic acids is 2. The molecule has 0 unspecified atom stereocenters. The number of nitrogens with zero attached hydrogens (tertiary/aromatic N) is 4. The van der Waals surface area contributed by atoms with Gasteiger partial charge in [0.2, 0.25) is 0 Å². The minimum atomic E-state index is -0.547. The number of methoxy groups -OCH3 is 3. The zero-order valence-electron chi connectivity index (χ0n) is 25.2. The average Bonchev–Trinajstić information content (AvgIpc) is 3.52. The van der Waals surface area contributed by atoms with Crippen molar-refractivity contribution >= 4 is 17.5 Å². The summed E-state index contributed by atoms with van der Waals surface area (Å²) in [4.78, 5) is 31.6. The standard InChI is InChI=1S/C33H37FN4O6/c1-41-25-11-8-23(9-12-25)33(40)37(15-14-36-16-18-44-19-17-36)22-32(39)38-29(24-10-13-30(42-2)31(20-24)43-3)21-28(35-38)26-6-4-5-7-27(26)34/h4-13,20,29H,14-19,21-22H2,1-3H3/t29-/m0/s1. The van der Waals surface area contributed by atoms with Gasteiger partial charge in [0.1, 0.15) is 18.1 Å². The number of hydrogen-bond acceptors (Lipinski definition) is 8. The van der Waals surface area contributed by atoms with Crippen molar-refractivity contribution in [2.45, 2.75) is 12.5 Å². The maximum atomic E-state index is 14.9. The normalized spacial score (nSPS) is 16.8. The average molecular weight is 605 g/mol. The van der Waals surface area contributed by atoms with E-state index in [2.05, 4.69) is 10.0 Å². The summed E-state index contributed by atoms with van der Waals surface area (Å²) in [6, 6.07) is 18.0. The van der Waals surface area contributed by atoms with Crippen LogP contribution in [0.5, 0.6) is 17.2 Å². The number of benzene rings is 3. The highest BCUT2D eigenvalue weighted by Gasteiger charge is 2.36. The van der Waals surface area contributed by atoms with Crippen molar-refractivity contribution in [2.75, 3.05) is 67.3 Å². The first-order chi connectivity index (χ1) is 21.4. The fourth-order valence-corrected chi connectivity index (χ4v) is 5.41. The number of ether oxygens (including phenoxy) is 4.